The van der Waals surface area contributed by atoms with Gasteiger partial charge in [0, 0.05) is 19.2 Å². The molecule has 2 aromatic heterocycles. The van der Waals surface area contributed by atoms with Gasteiger partial charge in [-0.15, -0.1) is 0 Å². The van der Waals surface area contributed by atoms with Gasteiger partial charge in [0.15, 0.2) is 17.2 Å². The maximum absolute atomic E-state index is 13.9. The van der Waals surface area contributed by atoms with Crippen LogP contribution in [0.25, 0.3) is 5.65 Å². The molecule has 5 nitrogen and oxygen atoms in total. The Bertz CT molecular complexity index is 1300. The fraction of sp³-hybridized carbons (Fsp3) is 0.167. The summed E-state index contributed by atoms with van der Waals surface area (Å²) in [5, 5.41) is 0. The smallest absolute Gasteiger partial charge is 0.185 e. The molecule has 0 bridgehead atoms. The number of hydrogen-bond acceptors (Lipinski definition) is 4. The summed E-state index contributed by atoms with van der Waals surface area (Å²) in [5.41, 5.74) is 7.85. The van der Waals surface area contributed by atoms with E-state index in [0.29, 0.717) is 28.2 Å². The van der Waals surface area contributed by atoms with Crippen molar-refractivity contribution < 1.29 is 22.7 Å². The number of aromatic nitrogens is 2. The van der Waals surface area contributed by atoms with Crippen molar-refractivity contribution in [1.29, 1.82) is 0 Å². The van der Waals surface area contributed by atoms with Crippen LogP contribution >= 0.6 is 0 Å². The van der Waals surface area contributed by atoms with Gasteiger partial charge in [0.2, 0.25) is 0 Å². The predicted molar refractivity (Wildman–Crippen MR) is 113 cm³/mol. The molecule has 4 aromatic rings. The van der Waals surface area contributed by atoms with Crippen LogP contribution in [0.15, 0.2) is 54.7 Å². The number of pyridine rings is 1. The molecule has 2 heterocycles. The third kappa shape index (κ3) is 4.09. The molecule has 0 fully saturated rings. The van der Waals surface area contributed by atoms with Crippen molar-refractivity contribution in [3.63, 3.8) is 0 Å². The highest BCUT2D eigenvalue weighted by molar-refractivity contribution is 5.98. The van der Waals surface area contributed by atoms with Crippen LogP contribution in [0, 0.1) is 24.4 Å². The highest BCUT2D eigenvalue weighted by Gasteiger charge is 2.20. The van der Waals surface area contributed by atoms with E-state index in [1.54, 1.807) is 35.7 Å². The molecule has 32 heavy (non-hydrogen) atoms. The maximum atomic E-state index is 13.9. The topological polar surface area (TPSA) is 69.6 Å². The van der Waals surface area contributed by atoms with E-state index in [9.17, 15) is 18.0 Å². The van der Waals surface area contributed by atoms with Crippen LogP contribution in [0.3, 0.4) is 0 Å². The second-order valence-corrected chi connectivity index (χ2v) is 7.32. The molecule has 0 saturated carbocycles. The van der Waals surface area contributed by atoms with Gasteiger partial charge < -0.3 is 10.5 Å². The number of carbonyl (C=O) groups excluding carboxylic acids is 1. The first-order valence-corrected chi connectivity index (χ1v) is 9.93. The minimum atomic E-state index is -0.706. The van der Waals surface area contributed by atoms with Gasteiger partial charge in [0.05, 0.1) is 11.3 Å². The minimum absolute atomic E-state index is 0.0208. The Kier molecular flexibility index (Phi) is 5.96. The number of hydrogen-bond donors (Lipinski definition) is 1. The summed E-state index contributed by atoms with van der Waals surface area (Å²) in [6.07, 6.45) is 1.68. The van der Waals surface area contributed by atoms with Crippen molar-refractivity contribution in [2.45, 2.75) is 26.5 Å². The van der Waals surface area contributed by atoms with E-state index >= 15 is 0 Å². The maximum Gasteiger partial charge on any atom is 0.185 e. The molecule has 0 radical (unpaired) electrons. The van der Waals surface area contributed by atoms with Crippen molar-refractivity contribution in [2.24, 2.45) is 5.73 Å². The van der Waals surface area contributed by atoms with Gasteiger partial charge in [0.1, 0.15) is 29.8 Å². The van der Waals surface area contributed by atoms with Crippen LogP contribution in [-0.2, 0) is 19.6 Å². The van der Waals surface area contributed by atoms with Gasteiger partial charge in [0.25, 0.3) is 0 Å². The summed E-state index contributed by atoms with van der Waals surface area (Å²) in [4.78, 5) is 17.5. The normalized spacial score (nSPS) is 11.2. The molecule has 0 spiro atoms. The standard InChI is InChI=1S/C24H20F3N3O2/c1-14-23(21(31)11-15-7-8-17(25)10-16(15)12-28)30-9-3-6-22(24(30)29-14)32-13-18-19(26)4-2-5-20(18)27/h2-10H,11-13,28H2,1H3. The lowest BCUT2D eigenvalue weighted by Crippen LogP contribution is -2.12. The van der Waals surface area contributed by atoms with Crippen molar-refractivity contribution in [2.75, 3.05) is 0 Å². The van der Waals surface area contributed by atoms with E-state index in [1.165, 1.54) is 18.2 Å². The summed E-state index contributed by atoms with van der Waals surface area (Å²) in [6.45, 7) is 1.47. The zero-order valence-corrected chi connectivity index (χ0v) is 17.2. The fourth-order valence-electron chi connectivity index (χ4n) is 3.64. The number of nitrogens with zero attached hydrogens (tertiary/aromatic N) is 2. The Labute approximate surface area is 182 Å². The molecule has 8 heteroatoms. The Hall–Kier alpha value is -3.65. The lowest BCUT2D eigenvalue weighted by Gasteiger charge is -2.10. The van der Waals surface area contributed by atoms with Gasteiger partial charge in [-0.05, 0) is 54.4 Å². The average Bonchev–Trinajstić information content (AvgIpc) is 3.11. The van der Waals surface area contributed by atoms with Gasteiger partial charge in [-0.3, -0.25) is 9.20 Å². The summed E-state index contributed by atoms with van der Waals surface area (Å²) < 4.78 is 48.6. The number of benzene rings is 2. The first-order valence-electron chi connectivity index (χ1n) is 9.93. The Morgan fingerprint density at radius 2 is 1.81 bits per heavy atom. The minimum Gasteiger partial charge on any atom is -0.485 e. The molecule has 2 N–H and O–H groups in total. The van der Waals surface area contributed by atoms with Crippen molar-refractivity contribution in [1.82, 2.24) is 9.38 Å². The molecule has 0 aliphatic rings. The summed E-state index contributed by atoms with van der Waals surface area (Å²) in [5.74, 6) is -1.78. The number of halogens is 3. The first-order chi connectivity index (χ1) is 15.4. The number of ether oxygens (including phenoxy) is 1. The molecule has 0 atom stereocenters. The lowest BCUT2D eigenvalue weighted by atomic mass is 10.0. The summed E-state index contributed by atoms with van der Waals surface area (Å²) in [7, 11) is 0. The second kappa shape index (κ2) is 8.84. The van der Waals surface area contributed by atoms with Crippen molar-refractivity contribution in [3.8, 4) is 5.75 Å². The zero-order chi connectivity index (χ0) is 22.8. The van der Waals surface area contributed by atoms with Crippen LogP contribution in [0.5, 0.6) is 5.75 Å². The Morgan fingerprint density at radius 1 is 1.06 bits per heavy atom. The van der Waals surface area contributed by atoms with E-state index in [2.05, 4.69) is 4.98 Å². The molecule has 0 aliphatic carbocycles. The van der Waals surface area contributed by atoms with Gasteiger partial charge in [-0.2, -0.15) is 0 Å². The Balaban J connectivity index is 1.64. The third-order valence-corrected chi connectivity index (χ3v) is 5.23. The van der Waals surface area contributed by atoms with Crippen LogP contribution in [0.1, 0.15) is 32.9 Å². The third-order valence-electron chi connectivity index (χ3n) is 5.23. The molecule has 0 saturated heterocycles. The fourth-order valence-corrected chi connectivity index (χ4v) is 3.64. The number of nitrogens with two attached hydrogens (primary N) is 1. The van der Waals surface area contributed by atoms with Gasteiger partial charge in [-0.25, -0.2) is 18.2 Å². The zero-order valence-electron chi connectivity index (χ0n) is 17.2. The molecule has 0 aliphatic heterocycles. The highest BCUT2D eigenvalue weighted by Crippen LogP contribution is 2.25. The number of aryl methyl sites for hydroxylation is 1. The average molecular weight is 439 g/mol. The highest BCUT2D eigenvalue weighted by atomic mass is 19.1. The van der Waals surface area contributed by atoms with Crippen LogP contribution in [-0.4, -0.2) is 15.2 Å². The number of imidazole rings is 1. The van der Waals surface area contributed by atoms with Crippen LogP contribution in [0.4, 0.5) is 13.2 Å². The van der Waals surface area contributed by atoms with Crippen molar-refractivity contribution in [3.05, 3.63) is 100 Å². The van der Waals surface area contributed by atoms with Gasteiger partial charge in [-0.1, -0.05) is 12.1 Å². The molecule has 4 rings (SSSR count). The molecular weight excluding hydrogens is 419 g/mol. The van der Waals surface area contributed by atoms with E-state index in [1.807, 2.05) is 0 Å². The van der Waals surface area contributed by atoms with Crippen molar-refractivity contribution >= 4 is 11.4 Å². The summed E-state index contributed by atoms with van der Waals surface area (Å²) in [6, 6.07) is 11.0. The van der Waals surface area contributed by atoms with E-state index in [4.69, 9.17) is 10.5 Å². The summed E-state index contributed by atoms with van der Waals surface area (Å²) >= 11 is 0. The van der Waals surface area contributed by atoms with Gasteiger partial charge >= 0.3 is 0 Å². The van der Waals surface area contributed by atoms with Crippen LogP contribution < -0.4 is 10.5 Å². The van der Waals surface area contributed by atoms with E-state index in [0.717, 1.165) is 12.1 Å². The first kappa shape index (κ1) is 21.6. The number of Topliss-reactive ketones (excluding diaryl/α,β-unsaturated/α-hetero) is 1. The molecule has 2 aromatic carbocycles. The van der Waals surface area contributed by atoms with E-state index in [-0.39, 0.29) is 36.7 Å². The number of fused-ring (bicyclic) bond motifs is 1. The van der Waals surface area contributed by atoms with E-state index < -0.39 is 17.5 Å². The molecule has 164 valence electrons. The number of rotatable bonds is 7. The number of ketones is 1. The molecule has 0 amide bonds. The second-order valence-electron chi connectivity index (χ2n) is 7.32. The largest absolute Gasteiger partial charge is 0.485 e. The van der Waals surface area contributed by atoms with Crippen LogP contribution in [0.2, 0.25) is 0 Å². The number of carbonyl (C=O) groups is 1. The molecular formula is C24H20F3N3O2. The predicted octanol–water partition coefficient (Wildman–Crippen LogP) is 4.52. The SMILES string of the molecule is Cc1nc2c(OCc3c(F)cccc3F)cccn2c1C(=O)Cc1ccc(F)cc1CN. The quantitative estimate of drug-likeness (QED) is 0.430. The Morgan fingerprint density at radius 3 is 2.53 bits per heavy atom. The lowest BCUT2D eigenvalue weighted by molar-refractivity contribution is 0.0986. The molecule has 0 unspecified atom stereocenters. The monoisotopic (exact) mass is 439 g/mol.